The van der Waals surface area contributed by atoms with Gasteiger partial charge in [0, 0.05) is 71.0 Å². The van der Waals surface area contributed by atoms with Crippen molar-refractivity contribution in [2.45, 2.75) is 38.5 Å². The molecule has 2 aliphatic rings. The number of thioether (sulfide) groups is 2. The van der Waals surface area contributed by atoms with Crippen LogP contribution < -0.4 is 10.6 Å². The number of amides is 4. The molecule has 6 rings (SSSR count). The van der Waals surface area contributed by atoms with E-state index < -0.39 is 11.8 Å². The number of thiocarbonyl (C=S) groups is 2. The minimum Gasteiger partial charge on any atom is -0.302 e. The van der Waals surface area contributed by atoms with Crippen LogP contribution in [-0.4, -0.2) is 65.1 Å². The van der Waals surface area contributed by atoms with E-state index in [1.54, 1.807) is 12.4 Å². The summed E-state index contributed by atoms with van der Waals surface area (Å²) >= 11 is 28.3. The van der Waals surface area contributed by atoms with E-state index in [4.69, 9.17) is 47.6 Å². The van der Waals surface area contributed by atoms with Gasteiger partial charge in [-0.25, -0.2) is 9.97 Å². The number of hydrogen-bond donors (Lipinski definition) is 2. The predicted molar refractivity (Wildman–Crippen MR) is 219 cm³/mol. The number of nitrogens with one attached hydrogen (secondary N) is 2. The fraction of sp³-hybridized carbons (Fsp3) is 0.235. The summed E-state index contributed by atoms with van der Waals surface area (Å²) in [6, 6.07) is 15.2. The summed E-state index contributed by atoms with van der Waals surface area (Å²) in [6.45, 7) is 0.431. The molecule has 52 heavy (non-hydrogen) atoms. The van der Waals surface area contributed by atoms with Gasteiger partial charge in [0.25, 0.3) is 11.8 Å². The maximum Gasteiger partial charge on any atom is 0.267 e. The van der Waals surface area contributed by atoms with Crippen LogP contribution in [0.3, 0.4) is 0 Å². The second-order valence-electron chi connectivity index (χ2n) is 11.4. The monoisotopic (exact) mass is 846 g/mol. The Hall–Kier alpha value is -3.22. The maximum absolute atomic E-state index is 13.4. The lowest BCUT2D eigenvalue weighted by atomic mass is 10.1. The largest absolute Gasteiger partial charge is 0.302 e. The Morgan fingerprint density at radius 2 is 1.08 bits per heavy atom. The topological polar surface area (TPSA) is 125 Å². The van der Waals surface area contributed by atoms with Gasteiger partial charge in [0.05, 0.1) is 9.81 Å². The highest BCUT2D eigenvalue weighted by Gasteiger charge is 2.41. The highest BCUT2D eigenvalue weighted by atomic mass is 35.5. The molecule has 0 bridgehead atoms. The Balaban J connectivity index is 0.941. The third kappa shape index (κ3) is 9.65. The van der Waals surface area contributed by atoms with E-state index in [1.807, 2.05) is 48.5 Å². The Kier molecular flexibility index (Phi) is 13.1. The molecule has 0 saturated carbocycles. The number of rotatable bonds is 14. The van der Waals surface area contributed by atoms with Gasteiger partial charge in [-0.2, -0.15) is 0 Å². The number of benzene rings is 2. The van der Waals surface area contributed by atoms with Gasteiger partial charge in [0.15, 0.2) is 10.3 Å². The van der Waals surface area contributed by atoms with E-state index >= 15 is 0 Å². The Bertz CT molecular complexity index is 1960. The lowest BCUT2D eigenvalue weighted by molar-refractivity contribution is -0.124. The summed E-state index contributed by atoms with van der Waals surface area (Å²) in [4.78, 5) is 65.7. The number of anilines is 2. The molecule has 0 unspecified atom stereocenters. The Labute approximate surface area is 336 Å². The van der Waals surface area contributed by atoms with Gasteiger partial charge in [-0.15, -0.1) is 22.7 Å². The van der Waals surface area contributed by atoms with Crippen LogP contribution in [0.4, 0.5) is 10.3 Å². The van der Waals surface area contributed by atoms with Crippen LogP contribution in [0.15, 0.2) is 70.7 Å². The zero-order chi connectivity index (χ0) is 36.8. The molecule has 268 valence electrons. The van der Waals surface area contributed by atoms with Crippen LogP contribution in [0, 0.1) is 0 Å². The molecule has 0 aliphatic carbocycles. The number of nitrogens with zero attached hydrogens (tertiary/aromatic N) is 4. The summed E-state index contributed by atoms with van der Waals surface area (Å²) in [7, 11) is 0. The first-order chi connectivity index (χ1) is 25.0. The molecule has 18 heteroatoms. The molecule has 2 aromatic carbocycles. The number of hydrogen-bond acceptors (Lipinski definition) is 12. The fourth-order valence-corrected chi connectivity index (χ4v) is 10.0. The lowest BCUT2D eigenvalue weighted by Crippen LogP contribution is -2.31. The van der Waals surface area contributed by atoms with Crippen molar-refractivity contribution < 1.29 is 19.2 Å². The van der Waals surface area contributed by atoms with Crippen molar-refractivity contribution in [2.24, 2.45) is 0 Å². The summed E-state index contributed by atoms with van der Waals surface area (Å²) in [6.07, 6.45) is 5.66. The van der Waals surface area contributed by atoms with Gasteiger partial charge >= 0.3 is 0 Å². The predicted octanol–water partition coefficient (Wildman–Crippen LogP) is 8.16. The molecular formula is C34H28Cl2N6O4S6. The van der Waals surface area contributed by atoms with Gasteiger partial charge in [0.1, 0.15) is 8.64 Å². The van der Waals surface area contributed by atoms with Crippen molar-refractivity contribution in [1.29, 1.82) is 0 Å². The average molecular weight is 848 g/mol. The molecule has 4 aromatic rings. The van der Waals surface area contributed by atoms with Gasteiger partial charge in [-0.05, 0) is 36.1 Å². The second kappa shape index (κ2) is 17.7. The van der Waals surface area contributed by atoms with Crippen molar-refractivity contribution in [3.8, 4) is 0 Å². The first-order valence-electron chi connectivity index (χ1n) is 15.8. The van der Waals surface area contributed by atoms with Crippen LogP contribution >= 0.6 is 93.8 Å². The lowest BCUT2D eigenvalue weighted by Gasteiger charge is -2.14. The zero-order valence-electron chi connectivity index (χ0n) is 27.1. The van der Waals surface area contributed by atoms with Crippen molar-refractivity contribution in [3.63, 3.8) is 0 Å². The summed E-state index contributed by atoms with van der Waals surface area (Å²) < 4.78 is 0.618. The van der Waals surface area contributed by atoms with E-state index in [-0.39, 0.29) is 47.6 Å². The van der Waals surface area contributed by atoms with Gasteiger partial charge < -0.3 is 10.6 Å². The molecule has 10 nitrogen and oxygen atoms in total. The highest BCUT2D eigenvalue weighted by molar-refractivity contribution is 8.29. The van der Waals surface area contributed by atoms with E-state index in [0.29, 0.717) is 54.6 Å². The molecule has 2 aromatic heterocycles. The molecule has 2 fully saturated rings. The van der Waals surface area contributed by atoms with Crippen molar-refractivity contribution >= 4 is 136 Å². The van der Waals surface area contributed by atoms with E-state index in [9.17, 15) is 19.2 Å². The number of halogens is 2. The van der Waals surface area contributed by atoms with Gasteiger partial charge in [-0.1, -0.05) is 108 Å². The normalized spacial score (nSPS) is 16.0. The number of aromatic nitrogens is 2. The molecular weight excluding hydrogens is 820 g/mol. The average Bonchev–Trinajstić information content (AvgIpc) is 3.88. The minimum absolute atomic E-state index is 0.147. The van der Waals surface area contributed by atoms with E-state index in [0.717, 1.165) is 44.4 Å². The van der Waals surface area contributed by atoms with Crippen LogP contribution in [0.1, 0.15) is 46.6 Å². The zero-order valence-corrected chi connectivity index (χ0v) is 33.5. The smallest absolute Gasteiger partial charge is 0.267 e. The molecule has 0 radical (unpaired) electrons. The number of thiazole rings is 2. The van der Waals surface area contributed by atoms with E-state index in [2.05, 4.69) is 20.6 Å². The molecule has 4 heterocycles. The number of carbonyl (C=O) groups excluding carboxylic acids is 4. The van der Waals surface area contributed by atoms with Crippen LogP contribution in [0.2, 0.25) is 10.0 Å². The SMILES string of the molecule is O=C(CCCN1C(=O)/C(=C2\SC(=S)N(CCCC(=O)Nc3ncc(Cc4ccccc4Cl)s3)C2=O)SC1=S)Nc1ncc(Cc2ccccc2Cl)s1. The Morgan fingerprint density at radius 3 is 1.48 bits per heavy atom. The molecule has 2 aliphatic heterocycles. The molecule has 4 amide bonds. The second-order valence-corrected chi connectivity index (χ2v) is 17.7. The quantitative estimate of drug-likeness (QED) is 0.0950. The van der Waals surface area contributed by atoms with Gasteiger partial charge in [-0.3, -0.25) is 29.0 Å². The Morgan fingerprint density at radius 1 is 0.673 bits per heavy atom. The third-order valence-corrected chi connectivity index (χ3v) is 13.3. The van der Waals surface area contributed by atoms with E-state index in [1.165, 1.54) is 32.5 Å². The summed E-state index contributed by atoms with van der Waals surface area (Å²) in [5.41, 5.74) is 1.95. The number of carbonyl (C=O) groups is 4. The highest BCUT2D eigenvalue weighted by Crippen LogP contribution is 2.42. The maximum atomic E-state index is 13.4. The standard InChI is InChI=1S/C34H28Cl2N6O4S6/c35-23-9-3-1-7-19(23)15-21-17-37-31(49-21)39-25(43)11-5-13-41-29(45)27(51-33(41)47)28-30(46)42(34(48)52-28)14-6-12-26(44)40-32-38-18-22(50-32)16-20-8-2-4-10-24(20)36/h1-4,7-10,17-18H,5-6,11-16H2,(H,37,39,43)(H,38,40,44)/b28-27+. The first kappa shape index (κ1) is 38.5. The van der Waals surface area contributed by atoms with Crippen molar-refractivity contribution in [1.82, 2.24) is 19.8 Å². The molecule has 0 atom stereocenters. The molecule has 0 spiro atoms. The van der Waals surface area contributed by atoms with Crippen LogP contribution in [0.25, 0.3) is 0 Å². The summed E-state index contributed by atoms with van der Waals surface area (Å²) in [5.74, 6) is -1.25. The molecule has 2 saturated heterocycles. The first-order valence-corrected chi connectivity index (χ1v) is 20.7. The van der Waals surface area contributed by atoms with Crippen molar-refractivity contribution in [2.75, 3.05) is 23.7 Å². The van der Waals surface area contributed by atoms with Crippen molar-refractivity contribution in [3.05, 3.63) is 102 Å². The molecule has 2 N–H and O–H groups in total. The minimum atomic E-state index is -0.392. The van der Waals surface area contributed by atoms with Gasteiger partial charge in [0.2, 0.25) is 11.8 Å². The van der Waals surface area contributed by atoms with Crippen LogP contribution in [0.5, 0.6) is 0 Å². The summed E-state index contributed by atoms with van der Waals surface area (Å²) in [5, 5.41) is 7.94. The fourth-order valence-electron chi connectivity index (χ4n) is 5.17. The third-order valence-electron chi connectivity index (χ3n) is 7.72. The van der Waals surface area contributed by atoms with Crippen LogP contribution in [-0.2, 0) is 32.0 Å².